The zero-order valence-corrected chi connectivity index (χ0v) is 14.3. The quantitative estimate of drug-likeness (QED) is 0.751. The summed E-state index contributed by atoms with van der Waals surface area (Å²) in [6.45, 7) is 2.63. The van der Waals surface area contributed by atoms with Crippen molar-refractivity contribution in [1.82, 2.24) is 20.1 Å². The van der Waals surface area contributed by atoms with Gasteiger partial charge in [-0.3, -0.25) is 4.79 Å². The van der Waals surface area contributed by atoms with Crippen LogP contribution in [0.5, 0.6) is 5.75 Å². The van der Waals surface area contributed by atoms with Gasteiger partial charge in [0.15, 0.2) is 5.82 Å². The Morgan fingerprint density at radius 1 is 1.20 bits per heavy atom. The van der Waals surface area contributed by atoms with Gasteiger partial charge in [-0.2, -0.15) is 5.10 Å². The van der Waals surface area contributed by atoms with Crippen molar-refractivity contribution in [2.45, 2.75) is 13.3 Å². The molecule has 128 valence electrons. The lowest BCUT2D eigenvalue weighted by Gasteiger charge is -2.06. The highest BCUT2D eigenvalue weighted by molar-refractivity contribution is 5.94. The number of carbonyl (C=O) groups excluding carboxylic acids is 1. The molecule has 2 heterocycles. The largest absolute Gasteiger partial charge is 0.497 e. The number of ether oxygens (including phenoxy) is 1. The zero-order chi connectivity index (χ0) is 17.6. The minimum Gasteiger partial charge on any atom is -0.497 e. The standard InChI is InChI=1S/C19H20N4O2/c1-3-11-21-19(24)17-13-16(14-7-9-15(25-2)10-8-14)22-23(17)18-6-4-5-12-20-18/h4-10,12-13H,3,11H2,1-2H3,(H,21,24). The summed E-state index contributed by atoms with van der Waals surface area (Å²) in [4.78, 5) is 16.8. The minimum atomic E-state index is -0.167. The van der Waals surface area contributed by atoms with Crippen molar-refractivity contribution in [3.63, 3.8) is 0 Å². The summed E-state index contributed by atoms with van der Waals surface area (Å²) in [5.41, 5.74) is 2.06. The van der Waals surface area contributed by atoms with Gasteiger partial charge in [-0.25, -0.2) is 9.67 Å². The molecule has 0 saturated heterocycles. The average Bonchev–Trinajstić information content (AvgIpc) is 3.12. The van der Waals surface area contributed by atoms with E-state index < -0.39 is 0 Å². The van der Waals surface area contributed by atoms with Crippen LogP contribution in [-0.2, 0) is 0 Å². The predicted octanol–water partition coefficient (Wildman–Crippen LogP) is 3.08. The third-order valence-electron chi connectivity index (χ3n) is 3.73. The lowest BCUT2D eigenvalue weighted by Crippen LogP contribution is -2.26. The van der Waals surface area contributed by atoms with Gasteiger partial charge in [-0.05, 0) is 48.9 Å². The number of hydrogen-bond donors (Lipinski definition) is 1. The van der Waals surface area contributed by atoms with E-state index in [-0.39, 0.29) is 5.91 Å². The number of rotatable bonds is 6. The predicted molar refractivity (Wildman–Crippen MR) is 96.0 cm³/mol. The lowest BCUT2D eigenvalue weighted by molar-refractivity contribution is 0.0945. The number of hydrogen-bond acceptors (Lipinski definition) is 4. The van der Waals surface area contributed by atoms with Gasteiger partial charge in [0.2, 0.25) is 0 Å². The van der Waals surface area contributed by atoms with Crippen molar-refractivity contribution in [1.29, 1.82) is 0 Å². The highest BCUT2D eigenvalue weighted by Crippen LogP contribution is 2.23. The molecular weight excluding hydrogens is 316 g/mol. The summed E-state index contributed by atoms with van der Waals surface area (Å²) in [6, 6.07) is 14.9. The Kier molecular flexibility index (Phi) is 5.09. The molecule has 1 aromatic carbocycles. The van der Waals surface area contributed by atoms with Crippen LogP contribution in [0.3, 0.4) is 0 Å². The van der Waals surface area contributed by atoms with Gasteiger partial charge in [0.25, 0.3) is 5.91 Å². The van der Waals surface area contributed by atoms with Crippen molar-refractivity contribution in [3.8, 4) is 22.8 Å². The summed E-state index contributed by atoms with van der Waals surface area (Å²) in [5.74, 6) is 1.21. The summed E-state index contributed by atoms with van der Waals surface area (Å²) in [6.07, 6.45) is 2.55. The van der Waals surface area contributed by atoms with Gasteiger partial charge in [-0.1, -0.05) is 13.0 Å². The molecule has 1 N–H and O–H groups in total. The van der Waals surface area contributed by atoms with E-state index in [1.54, 1.807) is 24.1 Å². The van der Waals surface area contributed by atoms with Crippen molar-refractivity contribution in [3.05, 3.63) is 60.4 Å². The fourth-order valence-electron chi connectivity index (χ4n) is 2.43. The van der Waals surface area contributed by atoms with Crippen LogP contribution < -0.4 is 10.1 Å². The van der Waals surface area contributed by atoms with Crippen molar-refractivity contribution in [2.24, 2.45) is 0 Å². The maximum absolute atomic E-state index is 12.5. The van der Waals surface area contributed by atoms with Gasteiger partial charge in [-0.15, -0.1) is 0 Å². The SMILES string of the molecule is CCCNC(=O)c1cc(-c2ccc(OC)cc2)nn1-c1ccccn1. The lowest BCUT2D eigenvalue weighted by atomic mass is 10.1. The van der Waals surface area contributed by atoms with Crippen LogP contribution in [0.1, 0.15) is 23.8 Å². The summed E-state index contributed by atoms with van der Waals surface area (Å²) >= 11 is 0. The van der Waals surface area contributed by atoms with E-state index in [2.05, 4.69) is 15.4 Å². The van der Waals surface area contributed by atoms with Crippen LogP contribution in [-0.4, -0.2) is 34.3 Å². The van der Waals surface area contributed by atoms with Gasteiger partial charge >= 0.3 is 0 Å². The second-order valence-electron chi connectivity index (χ2n) is 5.50. The molecule has 1 amide bonds. The Morgan fingerprint density at radius 2 is 2.00 bits per heavy atom. The van der Waals surface area contributed by atoms with E-state index >= 15 is 0 Å². The fraction of sp³-hybridized carbons (Fsp3) is 0.211. The second kappa shape index (κ2) is 7.61. The molecule has 2 aromatic heterocycles. The highest BCUT2D eigenvalue weighted by Gasteiger charge is 2.17. The van der Waals surface area contributed by atoms with Gasteiger partial charge < -0.3 is 10.1 Å². The maximum Gasteiger partial charge on any atom is 0.270 e. The molecule has 0 spiro atoms. The third-order valence-corrected chi connectivity index (χ3v) is 3.73. The Balaban J connectivity index is 2.02. The van der Waals surface area contributed by atoms with Crippen molar-refractivity contribution in [2.75, 3.05) is 13.7 Å². The molecule has 0 radical (unpaired) electrons. The molecule has 0 bridgehead atoms. The number of pyridine rings is 1. The van der Waals surface area contributed by atoms with E-state index in [0.717, 1.165) is 17.7 Å². The molecule has 0 unspecified atom stereocenters. The molecule has 6 heteroatoms. The van der Waals surface area contributed by atoms with Crippen LogP contribution >= 0.6 is 0 Å². The van der Waals surface area contributed by atoms with E-state index in [1.807, 2.05) is 49.4 Å². The van der Waals surface area contributed by atoms with Crippen LogP contribution in [0.25, 0.3) is 17.1 Å². The van der Waals surface area contributed by atoms with E-state index in [9.17, 15) is 4.79 Å². The summed E-state index contributed by atoms with van der Waals surface area (Å²) < 4.78 is 6.76. The van der Waals surface area contributed by atoms with E-state index in [4.69, 9.17) is 4.74 Å². The molecule has 3 rings (SSSR count). The number of nitrogens with one attached hydrogen (secondary N) is 1. The smallest absolute Gasteiger partial charge is 0.270 e. The first-order chi connectivity index (χ1) is 12.2. The molecule has 0 aliphatic heterocycles. The average molecular weight is 336 g/mol. The summed E-state index contributed by atoms with van der Waals surface area (Å²) in [5, 5.41) is 7.48. The Bertz CT molecular complexity index is 842. The van der Waals surface area contributed by atoms with Crippen molar-refractivity contribution < 1.29 is 9.53 Å². The molecule has 25 heavy (non-hydrogen) atoms. The Labute approximate surface area is 146 Å². The first-order valence-corrected chi connectivity index (χ1v) is 8.17. The molecule has 0 atom stereocenters. The van der Waals surface area contributed by atoms with Crippen LogP contribution in [0.4, 0.5) is 0 Å². The molecule has 0 aliphatic rings. The number of benzene rings is 1. The first-order valence-electron chi connectivity index (χ1n) is 8.17. The van der Waals surface area contributed by atoms with Crippen LogP contribution in [0.2, 0.25) is 0 Å². The van der Waals surface area contributed by atoms with E-state index in [0.29, 0.717) is 23.8 Å². The Morgan fingerprint density at radius 3 is 2.64 bits per heavy atom. The highest BCUT2D eigenvalue weighted by atomic mass is 16.5. The molecule has 0 saturated carbocycles. The molecular formula is C19H20N4O2. The van der Waals surface area contributed by atoms with Crippen LogP contribution in [0.15, 0.2) is 54.7 Å². The Hall–Kier alpha value is -3.15. The monoisotopic (exact) mass is 336 g/mol. The fourth-order valence-corrected chi connectivity index (χ4v) is 2.43. The van der Waals surface area contributed by atoms with Gasteiger partial charge in [0.1, 0.15) is 11.4 Å². The first kappa shape index (κ1) is 16.7. The minimum absolute atomic E-state index is 0.167. The van der Waals surface area contributed by atoms with Crippen molar-refractivity contribution >= 4 is 5.91 Å². The number of carbonyl (C=O) groups is 1. The molecule has 3 aromatic rings. The number of amides is 1. The van der Waals surface area contributed by atoms with Crippen LogP contribution in [0, 0.1) is 0 Å². The topological polar surface area (TPSA) is 69.0 Å². The normalized spacial score (nSPS) is 10.5. The van der Waals surface area contributed by atoms with Gasteiger partial charge in [0, 0.05) is 18.3 Å². The number of nitrogens with zero attached hydrogens (tertiary/aromatic N) is 3. The molecule has 6 nitrogen and oxygen atoms in total. The van der Waals surface area contributed by atoms with Gasteiger partial charge in [0.05, 0.1) is 12.8 Å². The number of methoxy groups -OCH3 is 1. The second-order valence-corrected chi connectivity index (χ2v) is 5.50. The maximum atomic E-state index is 12.5. The van der Waals surface area contributed by atoms with E-state index in [1.165, 1.54) is 0 Å². The number of aromatic nitrogens is 3. The third kappa shape index (κ3) is 3.68. The summed E-state index contributed by atoms with van der Waals surface area (Å²) in [7, 11) is 1.63. The molecule has 0 fully saturated rings. The molecule has 0 aliphatic carbocycles. The zero-order valence-electron chi connectivity index (χ0n) is 14.3.